The summed E-state index contributed by atoms with van der Waals surface area (Å²) in [6.07, 6.45) is 2.91. The number of nitrogens with one attached hydrogen (secondary N) is 2. The first-order valence-electron chi connectivity index (χ1n) is 7.28. The van der Waals surface area contributed by atoms with Crippen LogP contribution in [0.1, 0.15) is 37.5 Å². The molecule has 0 spiro atoms. The van der Waals surface area contributed by atoms with Gasteiger partial charge in [-0.05, 0) is 35.2 Å². The van der Waals surface area contributed by atoms with Gasteiger partial charge in [0.25, 0.3) is 0 Å². The van der Waals surface area contributed by atoms with Gasteiger partial charge in [0.2, 0.25) is 0 Å². The molecule has 1 unspecified atom stereocenters. The highest BCUT2D eigenvalue weighted by atomic mass is 32.1. The van der Waals surface area contributed by atoms with E-state index < -0.39 is 6.10 Å². The van der Waals surface area contributed by atoms with Crippen LogP contribution in [0.25, 0.3) is 0 Å². The Morgan fingerprint density at radius 2 is 2.00 bits per heavy atom. The Balaban J connectivity index is 2.05. The standard InChI is InChI=1S/C15H22N4OS/c1-3-6-16-14-12(4-2)15(19-10-18-14)17-8-13(20)11-5-7-21-9-11/h5,7,9-10,13,20H,3-4,6,8H2,1-2H3,(H2,16,17,18,19). The highest BCUT2D eigenvalue weighted by molar-refractivity contribution is 7.07. The van der Waals surface area contributed by atoms with Crippen LogP contribution in [0.5, 0.6) is 0 Å². The summed E-state index contributed by atoms with van der Waals surface area (Å²) < 4.78 is 0. The first-order chi connectivity index (χ1) is 10.3. The van der Waals surface area contributed by atoms with Crippen molar-refractivity contribution in [1.82, 2.24) is 9.97 Å². The third-order valence-electron chi connectivity index (χ3n) is 3.23. The average Bonchev–Trinajstić information content (AvgIpc) is 3.04. The molecule has 0 aliphatic heterocycles. The van der Waals surface area contributed by atoms with E-state index >= 15 is 0 Å². The van der Waals surface area contributed by atoms with Gasteiger partial charge in [-0.15, -0.1) is 0 Å². The summed E-state index contributed by atoms with van der Waals surface area (Å²) >= 11 is 1.59. The number of thiophene rings is 1. The summed E-state index contributed by atoms with van der Waals surface area (Å²) in [5.41, 5.74) is 1.99. The van der Waals surface area contributed by atoms with Crippen molar-refractivity contribution >= 4 is 23.0 Å². The smallest absolute Gasteiger partial charge is 0.134 e. The minimum Gasteiger partial charge on any atom is -0.387 e. The number of anilines is 2. The summed E-state index contributed by atoms with van der Waals surface area (Å²) in [5.74, 6) is 1.67. The zero-order chi connectivity index (χ0) is 15.1. The minimum atomic E-state index is -0.525. The number of nitrogens with zero attached hydrogens (tertiary/aromatic N) is 2. The summed E-state index contributed by atoms with van der Waals surface area (Å²) in [6.45, 7) is 5.53. The van der Waals surface area contributed by atoms with Crippen molar-refractivity contribution in [2.45, 2.75) is 32.8 Å². The summed E-state index contributed by atoms with van der Waals surface area (Å²) in [4.78, 5) is 8.60. The van der Waals surface area contributed by atoms with Crippen LogP contribution in [-0.2, 0) is 6.42 Å². The van der Waals surface area contributed by atoms with Crippen molar-refractivity contribution in [3.63, 3.8) is 0 Å². The highest BCUT2D eigenvalue weighted by Crippen LogP contribution is 2.22. The van der Waals surface area contributed by atoms with E-state index in [-0.39, 0.29) is 0 Å². The monoisotopic (exact) mass is 306 g/mol. The molecule has 0 saturated carbocycles. The van der Waals surface area contributed by atoms with Gasteiger partial charge in [-0.25, -0.2) is 9.97 Å². The second-order valence-electron chi connectivity index (χ2n) is 4.78. The number of rotatable bonds is 8. The fourth-order valence-electron chi connectivity index (χ4n) is 2.07. The van der Waals surface area contributed by atoms with Crippen LogP contribution in [0.3, 0.4) is 0 Å². The van der Waals surface area contributed by atoms with Crippen LogP contribution in [0.2, 0.25) is 0 Å². The molecule has 21 heavy (non-hydrogen) atoms. The minimum absolute atomic E-state index is 0.438. The summed E-state index contributed by atoms with van der Waals surface area (Å²) in [7, 11) is 0. The average molecular weight is 306 g/mol. The van der Waals surface area contributed by atoms with E-state index in [1.807, 2.05) is 16.8 Å². The molecule has 3 N–H and O–H groups in total. The fourth-order valence-corrected chi connectivity index (χ4v) is 2.78. The normalized spacial score (nSPS) is 12.1. The van der Waals surface area contributed by atoms with Crippen LogP contribution in [0, 0.1) is 0 Å². The molecular weight excluding hydrogens is 284 g/mol. The maximum absolute atomic E-state index is 10.1. The zero-order valence-corrected chi connectivity index (χ0v) is 13.3. The van der Waals surface area contributed by atoms with Crippen molar-refractivity contribution < 1.29 is 5.11 Å². The SMILES string of the molecule is CCCNc1ncnc(NCC(O)c2ccsc2)c1CC. The summed E-state index contributed by atoms with van der Waals surface area (Å²) in [6, 6.07) is 1.94. The molecule has 2 rings (SSSR count). The lowest BCUT2D eigenvalue weighted by atomic mass is 10.2. The van der Waals surface area contributed by atoms with E-state index in [2.05, 4.69) is 34.4 Å². The molecule has 1 atom stereocenters. The molecule has 0 amide bonds. The zero-order valence-electron chi connectivity index (χ0n) is 12.5. The lowest BCUT2D eigenvalue weighted by Crippen LogP contribution is -2.15. The maximum atomic E-state index is 10.1. The van der Waals surface area contributed by atoms with E-state index in [0.717, 1.165) is 42.1 Å². The maximum Gasteiger partial charge on any atom is 0.134 e. The van der Waals surface area contributed by atoms with E-state index in [4.69, 9.17) is 0 Å². The molecule has 0 bridgehead atoms. The van der Waals surface area contributed by atoms with Crippen molar-refractivity contribution in [2.24, 2.45) is 0 Å². The van der Waals surface area contributed by atoms with Gasteiger partial charge in [-0.2, -0.15) is 11.3 Å². The molecule has 0 aliphatic rings. The first-order valence-corrected chi connectivity index (χ1v) is 8.22. The first kappa shape index (κ1) is 15.7. The molecule has 0 radical (unpaired) electrons. The molecule has 114 valence electrons. The van der Waals surface area contributed by atoms with Crippen molar-refractivity contribution in [3.8, 4) is 0 Å². The lowest BCUT2D eigenvalue weighted by molar-refractivity contribution is 0.192. The Hall–Kier alpha value is -1.66. The van der Waals surface area contributed by atoms with E-state index in [1.165, 1.54) is 0 Å². The third kappa shape index (κ3) is 4.15. The van der Waals surface area contributed by atoms with Gasteiger partial charge in [0.1, 0.15) is 18.0 Å². The van der Waals surface area contributed by atoms with Crippen molar-refractivity contribution in [2.75, 3.05) is 23.7 Å². The van der Waals surface area contributed by atoms with Crippen LogP contribution in [-0.4, -0.2) is 28.2 Å². The largest absolute Gasteiger partial charge is 0.387 e. The predicted molar refractivity (Wildman–Crippen MR) is 88.0 cm³/mol. The molecule has 0 fully saturated rings. The highest BCUT2D eigenvalue weighted by Gasteiger charge is 2.12. The van der Waals surface area contributed by atoms with Gasteiger partial charge in [-0.3, -0.25) is 0 Å². The van der Waals surface area contributed by atoms with Crippen molar-refractivity contribution in [3.05, 3.63) is 34.3 Å². The Labute approximate surface area is 129 Å². The lowest BCUT2D eigenvalue weighted by Gasteiger charge is -2.16. The Bertz CT molecular complexity index is 545. The Kier molecular flexibility index (Phi) is 5.95. The number of aliphatic hydroxyl groups excluding tert-OH is 1. The summed E-state index contributed by atoms with van der Waals surface area (Å²) in [5, 5.41) is 20.6. The van der Waals surface area contributed by atoms with Gasteiger partial charge in [0.15, 0.2) is 0 Å². The van der Waals surface area contributed by atoms with Gasteiger partial charge >= 0.3 is 0 Å². The van der Waals surface area contributed by atoms with Gasteiger partial charge in [0, 0.05) is 18.7 Å². The molecule has 0 aromatic carbocycles. The fraction of sp³-hybridized carbons (Fsp3) is 0.467. The molecule has 0 aliphatic carbocycles. The molecular formula is C15H22N4OS. The molecule has 6 heteroatoms. The second-order valence-corrected chi connectivity index (χ2v) is 5.56. The van der Waals surface area contributed by atoms with Crippen LogP contribution < -0.4 is 10.6 Å². The molecule has 2 aromatic heterocycles. The van der Waals surface area contributed by atoms with Gasteiger partial charge < -0.3 is 15.7 Å². The van der Waals surface area contributed by atoms with Gasteiger partial charge in [0.05, 0.1) is 6.10 Å². The molecule has 0 saturated heterocycles. The van der Waals surface area contributed by atoms with Gasteiger partial charge in [-0.1, -0.05) is 13.8 Å². The number of aliphatic hydroxyl groups is 1. The number of hydrogen-bond donors (Lipinski definition) is 3. The van der Waals surface area contributed by atoms with Crippen LogP contribution in [0.15, 0.2) is 23.2 Å². The number of hydrogen-bond acceptors (Lipinski definition) is 6. The van der Waals surface area contributed by atoms with E-state index in [1.54, 1.807) is 17.7 Å². The molecule has 2 heterocycles. The van der Waals surface area contributed by atoms with E-state index in [0.29, 0.717) is 6.54 Å². The quantitative estimate of drug-likeness (QED) is 0.699. The van der Waals surface area contributed by atoms with Crippen LogP contribution >= 0.6 is 11.3 Å². The second kappa shape index (κ2) is 7.95. The third-order valence-corrected chi connectivity index (χ3v) is 3.93. The Morgan fingerprint density at radius 1 is 1.24 bits per heavy atom. The van der Waals surface area contributed by atoms with E-state index in [9.17, 15) is 5.11 Å². The Morgan fingerprint density at radius 3 is 2.62 bits per heavy atom. The predicted octanol–water partition coefficient (Wildman–Crippen LogP) is 3.07. The van der Waals surface area contributed by atoms with Crippen LogP contribution in [0.4, 0.5) is 11.6 Å². The molecule has 5 nitrogen and oxygen atoms in total. The van der Waals surface area contributed by atoms with Crippen molar-refractivity contribution in [1.29, 1.82) is 0 Å². The number of aromatic nitrogens is 2. The molecule has 2 aromatic rings. The topological polar surface area (TPSA) is 70.1 Å².